The zero-order valence-corrected chi connectivity index (χ0v) is 14.8. The number of carbonyl (C=O) groups is 1. The van der Waals surface area contributed by atoms with Gasteiger partial charge >= 0.3 is 0 Å². The summed E-state index contributed by atoms with van der Waals surface area (Å²) in [5.74, 6) is -3.19. The zero-order valence-electron chi connectivity index (χ0n) is 14.8. The number of nitrogens with zero attached hydrogens (tertiary/aromatic N) is 2. The van der Waals surface area contributed by atoms with Crippen LogP contribution in [0, 0.1) is 11.6 Å². The zero-order chi connectivity index (χ0) is 19.8. The van der Waals surface area contributed by atoms with Gasteiger partial charge in [-0.2, -0.15) is 0 Å². The number of aromatic nitrogens is 2. The first-order valence-corrected chi connectivity index (χ1v) is 8.73. The second-order valence-electron chi connectivity index (χ2n) is 6.52. The van der Waals surface area contributed by atoms with E-state index < -0.39 is 34.8 Å². The fraction of sp³-hybridized carbons (Fsp3) is 0.263. The Morgan fingerprint density at radius 1 is 1.32 bits per heavy atom. The van der Waals surface area contributed by atoms with E-state index in [0.29, 0.717) is 37.3 Å². The van der Waals surface area contributed by atoms with Gasteiger partial charge in [-0.05, 0) is 18.2 Å². The molecular weight excluding hydrogens is 370 g/mol. The summed E-state index contributed by atoms with van der Waals surface area (Å²) >= 11 is 0. The third-order valence-corrected chi connectivity index (χ3v) is 4.88. The van der Waals surface area contributed by atoms with Gasteiger partial charge in [0.05, 0.1) is 36.2 Å². The summed E-state index contributed by atoms with van der Waals surface area (Å²) in [4.78, 5) is 20.7. The molecule has 4 rings (SSSR count). The second-order valence-corrected chi connectivity index (χ2v) is 6.52. The molecule has 2 aromatic heterocycles. The van der Waals surface area contributed by atoms with E-state index in [4.69, 9.17) is 10.5 Å². The molecule has 0 bridgehead atoms. The number of nitrogens with two attached hydrogens (primary N) is 1. The molecule has 1 atom stereocenters. The van der Waals surface area contributed by atoms with E-state index in [9.17, 15) is 18.7 Å². The SMILES string of the molecule is NC(=O)c1ccc(F)c(C(O)c2c[nH]c3ncc(N4CCOCC4)cc23)c1F. The first-order valence-electron chi connectivity index (χ1n) is 8.73. The molecule has 3 heterocycles. The number of benzene rings is 1. The Bertz CT molecular complexity index is 1050. The molecule has 3 aromatic rings. The minimum Gasteiger partial charge on any atom is -0.383 e. The van der Waals surface area contributed by atoms with Crippen molar-refractivity contribution in [3.63, 3.8) is 0 Å². The number of fused-ring (bicyclic) bond motifs is 1. The summed E-state index contributed by atoms with van der Waals surface area (Å²) in [7, 11) is 0. The number of aromatic amines is 1. The molecule has 9 heteroatoms. The van der Waals surface area contributed by atoms with Crippen LogP contribution in [-0.4, -0.2) is 47.3 Å². The highest BCUT2D eigenvalue weighted by Crippen LogP contribution is 2.33. The number of amides is 1. The standard InChI is InChI=1S/C19H18F2N4O3/c20-14-2-1-11(18(22)27)16(21)15(14)17(26)13-9-24-19-12(13)7-10(8-23-19)25-3-5-28-6-4-25/h1-2,7-9,17,26H,3-6H2,(H2,22,27)(H,23,24). The quantitative estimate of drug-likeness (QED) is 0.633. The maximum absolute atomic E-state index is 14.6. The van der Waals surface area contributed by atoms with Crippen molar-refractivity contribution in [3.8, 4) is 0 Å². The lowest BCUT2D eigenvalue weighted by Crippen LogP contribution is -2.36. The fourth-order valence-corrected chi connectivity index (χ4v) is 3.40. The molecule has 28 heavy (non-hydrogen) atoms. The van der Waals surface area contributed by atoms with Crippen LogP contribution in [0.1, 0.15) is 27.6 Å². The number of morpholine rings is 1. The number of hydrogen-bond donors (Lipinski definition) is 3. The minimum absolute atomic E-state index is 0.247. The summed E-state index contributed by atoms with van der Waals surface area (Å²) in [5, 5.41) is 11.3. The summed E-state index contributed by atoms with van der Waals surface area (Å²) < 4.78 is 34.3. The molecule has 0 radical (unpaired) electrons. The second kappa shape index (κ2) is 7.17. The fourth-order valence-electron chi connectivity index (χ4n) is 3.40. The minimum atomic E-state index is -1.64. The highest BCUT2D eigenvalue weighted by molar-refractivity contribution is 5.93. The van der Waals surface area contributed by atoms with Crippen LogP contribution in [0.5, 0.6) is 0 Å². The van der Waals surface area contributed by atoms with E-state index in [0.717, 1.165) is 17.8 Å². The lowest BCUT2D eigenvalue weighted by molar-refractivity contribution is 0.0995. The number of aliphatic hydroxyl groups excluding tert-OH is 1. The van der Waals surface area contributed by atoms with Gasteiger partial charge in [0.15, 0.2) is 0 Å². The summed E-state index contributed by atoms with van der Waals surface area (Å²) in [5.41, 5.74) is 5.55. The Kier molecular flexibility index (Phi) is 4.70. The molecule has 1 fully saturated rings. The number of carbonyl (C=O) groups excluding carboxylic acids is 1. The normalized spacial score (nSPS) is 15.8. The first-order chi connectivity index (χ1) is 13.5. The number of rotatable bonds is 4. The molecule has 4 N–H and O–H groups in total. The van der Waals surface area contributed by atoms with E-state index in [1.807, 2.05) is 0 Å². The molecule has 1 unspecified atom stereocenters. The van der Waals surface area contributed by atoms with E-state index in [1.165, 1.54) is 6.20 Å². The smallest absolute Gasteiger partial charge is 0.251 e. The van der Waals surface area contributed by atoms with Crippen LogP contribution in [0.2, 0.25) is 0 Å². The van der Waals surface area contributed by atoms with Crippen LogP contribution >= 0.6 is 0 Å². The average molecular weight is 388 g/mol. The van der Waals surface area contributed by atoms with E-state index in [1.54, 1.807) is 12.3 Å². The largest absolute Gasteiger partial charge is 0.383 e. The van der Waals surface area contributed by atoms with Crippen LogP contribution < -0.4 is 10.6 Å². The Morgan fingerprint density at radius 2 is 2.07 bits per heavy atom. The molecule has 0 spiro atoms. The van der Waals surface area contributed by atoms with Crippen molar-refractivity contribution in [1.29, 1.82) is 0 Å². The number of primary amides is 1. The number of ether oxygens (including phenoxy) is 1. The van der Waals surface area contributed by atoms with Crippen molar-refractivity contribution in [1.82, 2.24) is 9.97 Å². The van der Waals surface area contributed by atoms with Crippen LogP contribution in [-0.2, 0) is 4.74 Å². The molecule has 1 aliphatic heterocycles. The monoisotopic (exact) mass is 388 g/mol. The molecule has 1 aliphatic rings. The van der Waals surface area contributed by atoms with Crippen LogP contribution in [0.15, 0.2) is 30.6 Å². The molecule has 0 aliphatic carbocycles. The Balaban J connectivity index is 1.79. The van der Waals surface area contributed by atoms with Crippen molar-refractivity contribution < 1.29 is 23.4 Å². The predicted octanol–water partition coefficient (Wildman–Crippen LogP) is 1.86. The van der Waals surface area contributed by atoms with E-state index >= 15 is 0 Å². The molecule has 1 aromatic carbocycles. The number of halogens is 2. The van der Waals surface area contributed by atoms with Gasteiger partial charge in [-0.1, -0.05) is 0 Å². The maximum Gasteiger partial charge on any atom is 0.251 e. The Morgan fingerprint density at radius 3 is 2.79 bits per heavy atom. The number of aliphatic hydroxyl groups is 1. The van der Waals surface area contributed by atoms with E-state index in [-0.39, 0.29) is 5.56 Å². The predicted molar refractivity (Wildman–Crippen MR) is 98.1 cm³/mol. The summed E-state index contributed by atoms with van der Waals surface area (Å²) in [6.45, 7) is 2.58. The molecular formula is C19H18F2N4O3. The number of hydrogen-bond acceptors (Lipinski definition) is 5. The van der Waals surface area contributed by atoms with Crippen molar-refractivity contribution in [2.45, 2.75) is 6.10 Å². The van der Waals surface area contributed by atoms with Crippen molar-refractivity contribution >= 4 is 22.6 Å². The third-order valence-electron chi connectivity index (χ3n) is 4.88. The topological polar surface area (TPSA) is 104 Å². The molecule has 0 saturated carbocycles. The van der Waals surface area contributed by atoms with Gasteiger partial charge in [0.1, 0.15) is 23.4 Å². The molecule has 1 saturated heterocycles. The summed E-state index contributed by atoms with van der Waals surface area (Å²) in [6.07, 6.45) is 1.49. The van der Waals surface area contributed by atoms with Gasteiger partial charge < -0.3 is 25.5 Å². The lowest BCUT2D eigenvalue weighted by atomic mass is 9.98. The lowest BCUT2D eigenvalue weighted by Gasteiger charge is -2.28. The Labute approximate surface area is 158 Å². The molecule has 1 amide bonds. The number of H-pyrrole nitrogens is 1. The highest BCUT2D eigenvalue weighted by atomic mass is 19.1. The van der Waals surface area contributed by atoms with E-state index in [2.05, 4.69) is 14.9 Å². The van der Waals surface area contributed by atoms with Gasteiger partial charge in [0.2, 0.25) is 0 Å². The van der Waals surface area contributed by atoms with Crippen molar-refractivity contribution in [3.05, 3.63) is 58.9 Å². The van der Waals surface area contributed by atoms with Gasteiger partial charge in [0.25, 0.3) is 5.91 Å². The van der Waals surface area contributed by atoms with Gasteiger partial charge in [-0.25, -0.2) is 13.8 Å². The number of anilines is 1. The number of pyridine rings is 1. The average Bonchev–Trinajstić information content (AvgIpc) is 3.11. The van der Waals surface area contributed by atoms with Gasteiger partial charge in [-0.15, -0.1) is 0 Å². The maximum atomic E-state index is 14.6. The highest BCUT2D eigenvalue weighted by Gasteiger charge is 2.26. The first kappa shape index (κ1) is 18.3. The van der Waals surface area contributed by atoms with Crippen LogP contribution in [0.4, 0.5) is 14.5 Å². The Hall–Kier alpha value is -3.04. The number of nitrogens with one attached hydrogen (secondary N) is 1. The van der Waals surface area contributed by atoms with Crippen molar-refractivity contribution in [2.75, 3.05) is 31.2 Å². The molecule has 7 nitrogen and oxygen atoms in total. The van der Waals surface area contributed by atoms with Crippen molar-refractivity contribution in [2.24, 2.45) is 5.73 Å². The third kappa shape index (κ3) is 3.08. The van der Waals surface area contributed by atoms with Gasteiger partial charge in [0, 0.05) is 30.2 Å². The van der Waals surface area contributed by atoms with Gasteiger partial charge in [-0.3, -0.25) is 4.79 Å². The molecule has 146 valence electrons. The summed E-state index contributed by atoms with van der Waals surface area (Å²) in [6, 6.07) is 3.67. The van der Waals surface area contributed by atoms with Crippen LogP contribution in [0.25, 0.3) is 11.0 Å². The van der Waals surface area contributed by atoms with Crippen LogP contribution in [0.3, 0.4) is 0 Å².